The largest absolute Gasteiger partial charge is 0.495 e. The Balaban J connectivity index is 1.96. The van der Waals surface area contributed by atoms with Crippen LogP contribution in [0.5, 0.6) is 0 Å². The van der Waals surface area contributed by atoms with Crippen LogP contribution < -0.4 is 5.73 Å². The van der Waals surface area contributed by atoms with E-state index >= 15 is 0 Å². The molecule has 3 aliphatic rings. The minimum atomic E-state index is 0.216. The van der Waals surface area contributed by atoms with Crippen LogP contribution in [0.15, 0.2) is 35.3 Å². The highest BCUT2D eigenvalue weighted by atomic mass is 16.5. The number of hydrogen-bond donors (Lipinski definition) is 1. The minimum absolute atomic E-state index is 0.216. The molecule has 0 amide bonds. The third kappa shape index (κ3) is 5.98. The van der Waals surface area contributed by atoms with Crippen LogP contribution in [0.4, 0.5) is 0 Å². The third-order valence-corrected chi connectivity index (χ3v) is 8.31. The van der Waals surface area contributed by atoms with Gasteiger partial charge < -0.3 is 20.1 Å². The van der Waals surface area contributed by atoms with Crippen LogP contribution in [-0.2, 0) is 9.47 Å². The predicted octanol–water partition coefficient (Wildman–Crippen LogP) is 4.71. The van der Waals surface area contributed by atoms with Crippen molar-refractivity contribution in [2.24, 2.45) is 17.1 Å². The predicted molar refractivity (Wildman–Crippen MR) is 133 cm³/mol. The molecule has 0 aromatic heterocycles. The third-order valence-electron chi connectivity index (χ3n) is 8.31. The average molecular weight is 446 g/mol. The van der Waals surface area contributed by atoms with E-state index in [2.05, 4.69) is 48.8 Å². The molecule has 2 aliphatic carbocycles. The highest BCUT2D eigenvalue weighted by Gasteiger charge is 2.32. The summed E-state index contributed by atoms with van der Waals surface area (Å²) in [4.78, 5) is 4.92. The Morgan fingerprint density at radius 2 is 1.88 bits per heavy atom. The monoisotopic (exact) mass is 445 g/mol. The highest BCUT2D eigenvalue weighted by Crippen LogP contribution is 2.44. The Bertz CT molecular complexity index is 674. The SMILES string of the molecule is CCN(CCN)C1C=C(OC)C(N2CCOCC2)=CC(C2CCCC(CC)(CC)CC2)=C1. The number of methoxy groups -OCH3 is 1. The average Bonchev–Trinajstić information content (AvgIpc) is 3.17. The van der Waals surface area contributed by atoms with E-state index < -0.39 is 0 Å². The topological polar surface area (TPSA) is 51.0 Å². The zero-order chi connectivity index (χ0) is 23.0. The molecule has 2 fully saturated rings. The Labute approximate surface area is 196 Å². The van der Waals surface area contributed by atoms with E-state index in [0.717, 1.165) is 45.2 Å². The van der Waals surface area contributed by atoms with Gasteiger partial charge in [-0.05, 0) is 61.3 Å². The minimum Gasteiger partial charge on any atom is -0.495 e. The highest BCUT2D eigenvalue weighted by molar-refractivity contribution is 5.41. The van der Waals surface area contributed by atoms with Gasteiger partial charge in [-0.1, -0.05) is 46.1 Å². The normalized spacial score (nSPS) is 26.7. The van der Waals surface area contributed by atoms with Gasteiger partial charge in [0.15, 0.2) is 0 Å². The Kier molecular flexibility index (Phi) is 9.69. The fraction of sp³-hybridized carbons (Fsp3) is 0.778. The van der Waals surface area contributed by atoms with Crippen LogP contribution in [0, 0.1) is 11.3 Å². The molecule has 0 spiro atoms. The number of rotatable bonds is 9. The first-order valence-corrected chi connectivity index (χ1v) is 13.1. The number of allylic oxidation sites excluding steroid dienone is 2. The summed E-state index contributed by atoms with van der Waals surface area (Å²) in [6, 6.07) is 0.216. The standard InChI is InChI=1S/C27H47N3O2/c1-5-27(6-2)11-8-9-22(10-12-27)23-19-24(29(7-3)14-13-28)21-26(31-4)25(20-23)30-15-17-32-18-16-30/h19-22,24H,5-18,28H2,1-4H3. The fourth-order valence-corrected chi connectivity index (χ4v) is 5.90. The molecule has 0 aromatic rings. The molecule has 1 aliphatic heterocycles. The summed E-state index contributed by atoms with van der Waals surface area (Å²) >= 11 is 0. The van der Waals surface area contributed by atoms with Crippen molar-refractivity contribution in [3.63, 3.8) is 0 Å². The number of nitrogens with two attached hydrogens (primary N) is 1. The van der Waals surface area contributed by atoms with E-state index in [1.165, 1.54) is 56.2 Å². The van der Waals surface area contributed by atoms with Gasteiger partial charge in [-0.15, -0.1) is 0 Å². The quantitative estimate of drug-likeness (QED) is 0.521. The lowest BCUT2D eigenvalue weighted by Crippen LogP contribution is -2.38. The summed E-state index contributed by atoms with van der Waals surface area (Å²) in [5.41, 5.74) is 9.24. The molecular weight excluding hydrogens is 398 g/mol. The summed E-state index contributed by atoms with van der Waals surface area (Å²) < 4.78 is 11.6. The molecule has 5 heteroatoms. The van der Waals surface area contributed by atoms with Gasteiger partial charge in [-0.2, -0.15) is 0 Å². The van der Waals surface area contributed by atoms with Gasteiger partial charge in [0.1, 0.15) is 5.76 Å². The number of ether oxygens (including phenoxy) is 2. The van der Waals surface area contributed by atoms with Crippen LogP contribution in [0.2, 0.25) is 0 Å². The van der Waals surface area contributed by atoms with E-state index in [9.17, 15) is 0 Å². The zero-order valence-electron chi connectivity index (χ0n) is 21.1. The lowest BCUT2D eigenvalue weighted by Gasteiger charge is -2.32. The number of morpholine rings is 1. The first kappa shape index (κ1) is 25.3. The molecule has 32 heavy (non-hydrogen) atoms. The van der Waals surface area contributed by atoms with Gasteiger partial charge in [-0.3, -0.25) is 4.90 Å². The van der Waals surface area contributed by atoms with Crippen molar-refractivity contribution >= 4 is 0 Å². The van der Waals surface area contributed by atoms with Gasteiger partial charge in [0, 0.05) is 26.2 Å². The van der Waals surface area contributed by atoms with Crippen LogP contribution in [0.25, 0.3) is 0 Å². The maximum Gasteiger partial charge on any atom is 0.140 e. The second kappa shape index (κ2) is 12.2. The van der Waals surface area contributed by atoms with Gasteiger partial charge in [0.05, 0.1) is 32.1 Å². The number of nitrogens with zero attached hydrogens (tertiary/aromatic N) is 2. The molecule has 5 nitrogen and oxygen atoms in total. The van der Waals surface area contributed by atoms with Crippen molar-refractivity contribution in [1.29, 1.82) is 0 Å². The molecule has 0 radical (unpaired) electrons. The van der Waals surface area contributed by atoms with E-state index in [4.69, 9.17) is 15.2 Å². The van der Waals surface area contributed by atoms with Crippen LogP contribution in [-0.4, -0.2) is 68.9 Å². The molecule has 0 bridgehead atoms. The van der Waals surface area contributed by atoms with Crippen molar-refractivity contribution in [1.82, 2.24) is 9.80 Å². The molecule has 2 N–H and O–H groups in total. The molecular formula is C27H47N3O2. The fourth-order valence-electron chi connectivity index (χ4n) is 5.90. The molecule has 1 saturated carbocycles. The van der Waals surface area contributed by atoms with Crippen molar-refractivity contribution in [3.05, 3.63) is 35.3 Å². The van der Waals surface area contributed by atoms with Crippen LogP contribution in [0.1, 0.15) is 65.7 Å². The van der Waals surface area contributed by atoms with E-state index in [1.54, 1.807) is 0 Å². The van der Waals surface area contributed by atoms with Crippen molar-refractivity contribution in [2.45, 2.75) is 71.8 Å². The van der Waals surface area contributed by atoms with Gasteiger partial charge in [0.25, 0.3) is 0 Å². The second-order valence-corrected chi connectivity index (χ2v) is 9.77. The molecule has 182 valence electrons. The first-order valence-electron chi connectivity index (χ1n) is 13.1. The van der Waals surface area contributed by atoms with Crippen LogP contribution in [0.3, 0.4) is 0 Å². The number of likely N-dealkylation sites (N-methyl/N-ethyl adjacent to an activating group) is 1. The van der Waals surface area contributed by atoms with E-state index in [-0.39, 0.29) is 6.04 Å². The Morgan fingerprint density at radius 3 is 2.50 bits per heavy atom. The maximum atomic E-state index is 5.99. The van der Waals surface area contributed by atoms with Gasteiger partial charge in [0.2, 0.25) is 0 Å². The molecule has 2 atom stereocenters. The molecule has 2 unspecified atom stereocenters. The number of hydrogen-bond acceptors (Lipinski definition) is 5. The summed E-state index contributed by atoms with van der Waals surface area (Å²) in [6.45, 7) is 13.0. The molecule has 3 rings (SSSR count). The van der Waals surface area contributed by atoms with Crippen molar-refractivity contribution in [3.8, 4) is 0 Å². The maximum absolute atomic E-state index is 5.99. The van der Waals surface area contributed by atoms with Gasteiger partial charge >= 0.3 is 0 Å². The van der Waals surface area contributed by atoms with Gasteiger partial charge in [-0.25, -0.2) is 0 Å². The lowest BCUT2D eigenvalue weighted by atomic mass is 9.75. The Morgan fingerprint density at radius 1 is 1.12 bits per heavy atom. The summed E-state index contributed by atoms with van der Waals surface area (Å²) in [5, 5.41) is 0. The van der Waals surface area contributed by atoms with Crippen LogP contribution >= 0.6 is 0 Å². The smallest absolute Gasteiger partial charge is 0.140 e. The van der Waals surface area contributed by atoms with E-state index in [0.29, 0.717) is 17.9 Å². The summed E-state index contributed by atoms with van der Waals surface area (Å²) in [6.07, 6.45) is 16.5. The van der Waals surface area contributed by atoms with E-state index in [1.807, 2.05) is 7.11 Å². The summed E-state index contributed by atoms with van der Waals surface area (Å²) in [5.74, 6) is 1.61. The molecule has 1 saturated heterocycles. The molecule has 0 aromatic carbocycles. The second-order valence-electron chi connectivity index (χ2n) is 9.77. The molecule has 1 heterocycles. The zero-order valence-corrected chi connectivity index (χ0v) is 21.1. The van der Waals surface area contributed by atoms with Crippen molar-refractivity contribution < 1.29 is 9.47 Å². The Hall–Kier alpha value is -1.30. The first-order chi connectivity index (χ1) is 15.6. The summed E-state index contributed by atoms with van der Waals surface area (Å²) in [7, 11) is 1.81. The lowest BCUT2D eigenvalue weighted by molar-refractivity contribution is 0.0510. The van der Waals surface area contributed by atoms with Crippen molar-refractivity contribution in [2.75, 3.05) is 53.0 Å².